The molecule has 1 aromatic rings. The lowest BCUT2D eigenvalue weighted by atomic mass is 9.93. The Morgan fingerprint density at radius 3 is 2.28 bits per heavy atom. The van der Waals surface area contributed by atoms with Crippen LogP contribution in [0.15, 0.2) is 6.07 Å². The Morgan fingerprint density at radius 2 is 1.83 bits per heavy atom. The highest BCUT2D eigenvalue weighted by Crippen LogP contribution is 2.31. The Bertz CT molecular complexity index is 456. The highest BCUT2D eigenvalue weighted by molar-refractivity contribution is 5.83. The molecule has 0 bridgehead atoms. The van der Waals surface area contributed by atoms with Crippen LogP contribution in [0, 0.1) is 20.8 Å². The van der Waals surface area contributed by atoms with Crippen molar-refractivity contribution in [3.63, 3.8) is 0 Å². The van der Waals surface area contributed by atoms with Gasteiger partial charge in [-0.3, -0.25) is 4.79 Å². The summed E-state index contributed by atoms with van der Waals surface area (Å²) >= 11 is 0. The molecule has 0 aliphatic carbocycles. The Morgan fingerprint density at radius 1 is 1.22 bits per heavy atom. The van der Waals surface area contributed by atoms with Crippen molar-refractivity contribution in [2.24, 2.45) is 0 Å². The standard InChI is InChI=1S/C14H22N2O2/c1-8-7-11(12(15-4)14(17)16-5)9(2)10(3)13(8)18-6/h7,12,15H,1-6H3,(H,16,17). The van der Waals surface area contributed by atoms with Crippen molar-refractivity contribution in [1.82, 2.24) is 10.6 Å². The van der Waals surface area contributed by atoms with Crippen molar-refractivity contribution >= 4 is 5.91 Å². The van der Waals surface area contributed by atoms with Crippen molar-refractivity contribution in [2.75, 3.05) is 21.2 Å². The van der Waals surface area contributed by atoms with Crippen LogP contribution in [0.5, 0.6) is 5.75 Å². The van der Waals surface area contributed by atoms with E-state index in [1.807, 2.05) is 26.8 Å². The van der Waals surface area contributed by atoms with Crippen LogP contribution in [0.4, 0.5) is 0 Å². The van der Waals surface area contributed by atoms with Crippen LogP contribution in [0.2, 0.25) is 0 Å². The molecular weight excluding hydrogens is 228 g/mol. The van der Waals surface area contributed by atoms with Crippen LogP contribution in [0.1, 0.15) is 28.3 Å². The molecule has 1 unspecified atom stereocenters. The van der Waals surface area contributed by atoms with Gasteiger partial charge in [-0.25, -0.2) is 0 Å². The fraction of sp³-hybridized carbons (Fsp3) is 0.500. The molecule has 1 rings (SSSR count). The minimum absolute atomic E-state index is 0.0374. The Hall–Kier alpha value is -1.55. The summed E-state index contributed by atoms with van der Waals surface area (Å²) in [5, 5.41) is 5.73. The maximum atomic E-state index is 11.9. The Kier molecular flexibility index (Phi) is 4.73. The molecule has 1 atom stereocenters. The van der Waals surface area contributed by atoms with Gasteiger partial charge in [0.25, 0.3) is 0 Å². The molecule has 0 aromatic heterocycles. The summed E-state index contributed by atoms with van der Waals surface area (Å²) < 4.78 is 5.39. The molecule has 0 radical (unpaired) electrons. The summed E-state index contributed by atoms with van der Waals surface area (Å²) in [5.41, 5.74) is 4.20. The smallest absolute Gasteiger partial charge is 0.241 e. The average molecular weight is 250 g/mol. The highest BCUT2D eigenvalue weighted by Gasteiger charge is 2.22. The average Bonchev–Trinajstić information content (AvgIpc) is 2.36. The first-order valence-electron chi connectivity index (χ1n) is 6.01. The van der Waals surface area contributed by atoms with Crippen LogP contribution in [0.3, 0.4) is 0 Å². The summed E-state index contributed by atoms with van der Waals surface area (Å²) in [6.07, 6.45) is 0. The maximum absolute atomic E-state index is 11.9. The minimum atomic E-state index is -0.335. The third-order valence-corrected chi connectivity index (χ3v) is 3.38. The Balaban J connectivity index is 3.37. The van der Waals surface area contributed by atoms with Crippen molar-refractivity contribution in [3.05, 3.63) is 28.3 Å². The van der Waals surface area contributed by atoms with E-state index < -0.39 is 0 Å². The molecule has 0 fully saturated rings. The highest BCUT2D eigenvalue weighted by atomic mass is 16.5. The minimum Gasteiger partial charge on any atom is -0.496 e. The zero-order chi connectivity index (χ0) is 13.9. The van der Waals surface area contributed by atoms with Crippen LogP contribution >= 0.6 is 0 Å². The molecule has 0 aliphatic rings. The van der Waals surface area contributed by atoms with Gasteiger partial charge in [-0.05, 0) is 50.1 Å². The number of likely N-dealkylation sites (N-methyl/N-ethyl adjacent to an activating group) is 2. The molecule has 2 N–H and O–H groups in total. The zero-order valence-electron chi connectivity index (χ0n) is 12.0. The van der Waals surface area contributed by atoms with Crippen molar-refractivity contribution in [2.45, 2.75) is 26.8 Å². The van der Waals surface area contributed by atoms with Gasteiger partial charge in [-0.1, -0.05) is 6.07 Å². The SMILES string of the molecule is CNC(=O)C(NC)c1cc(C)c(OC)c(C)c1C. The second kappa shape index (κ2) is 5.87. The number of aryl methyl sites for hydroxylation is 1. The topological polar surface area (TPSA) is 50.4 Å². The third-order valence-electron chi connectivity index (χ3n) is 3.38. The van der Waals surface area contributed by atoms with Crippen LogP contribution in [0.25, 0.3) is 0 Å². The van der Waals surface area contributed by atoms with Crippen LogP contribution < -0.4 is 15.4 Å². The first-order valence-corrected chi connectivity index (χ1v) is 6.01. The fourth-order valence-corrected chi connectivity index (χ4v) is 2.28. The van der Waals surface area contributed by atoms with Gasteiger partial charge in [0.05, 0.1) is 7.11 Å². The predicted octanol–water partition coefficient (Wildman–Crippen LogP) is 1.63. The molecule has 1 amide bonds. The number of carbonyl (C=O) groups is 1. The second-order valence-electron chi connectivity index (χ2n) is 4.40. The molecule has 0 aliphatic heterocycles. The van der Waals surface area contributed by atoms with E-state index in [1.54, 1.807) is 21.2 Å². The van der Waals surface area contributed by atoms with E-state index in [2.05, 4.69) is 10.6 Å². The monoisotopic (exact) mass is 250 g/mol. The molecule has 1 aromatic carbocycles. The van der Waals surface area contributed by atoms with E-state index in [0.717, 1.165) is 28.0 Å². The molecule has 18 heavy (non-hydrogen) atoms. The summed E-state index contributed by atoms with van der Waals surface area (Å²) in [5.74, 6) is 0.854. The summed E-state index contributed by atoms with van der Waals surface area (Å²) in [4.78, 5) is 11.9. The van der Waals surface area contributed by atoms with Gasteiger partial charge in [0, 0.05) is 7.05 Å². The number of hydrogen-bond acceptors (Lipinski definition) is 3. The van der Waals surface area contributed by atoms with Gasteiger partial charge in [0.2, 0.25) is 5.91 Å². The number of nitrogens with one attached hydrogen (secondary N) is 2. The lowest BCUT2D eigenvalue weighted by Crippen LogP contribution is -2.34. The lowest BCUT2D eigenvalue weighted by molar-refractivity contribution is -0.122. The largest absolute Gasteiger partial charge is 0.496 e. The fourth-order valence-electron chi connectivity index (χ4n) is 2.28. The number of rotatable bonds is 4. The van der Waals surface area contributed by atoms with Crippen molar-refractivity contribution in [3.8, 4) is 5.75 Å². The maximum Gasteiger partial charge on any atom is 0.241 e. The summed E-state index contributed by atoms with van der Waals surface area (Å²) in [6.45, 7) is 6.02. The number of hydrogen-bond donors (Lipinski definition) is 2. The van der Waals surface area contributed by atoms with E-state index in [4.69, 9.17) is 4.74 Å². The molecule has 100 valence electrons. The molecule has 0 saturated carbocycles. The zero-order valence-corrected chi connectivity index (χ0v) is 12.0. The van der Waals surface area contributed by atoms with E-state index in [1.165, 1.54) is 0 Å². The summed E-state index contributed by atoms with van der Waals surface area (Å²) in [7, 11) is 5.10. The van der Waals surface area contributed by atoms with Gasteiger partial charge in [-0.2, -0.15) is 0 Å². The summed E-state index contributed by atoms with van der Waals surface area (Å²) in [6, 6.07) is 1.68. The van der Waals surface area contributed by atoms with E-state index in [0.29, 0.717) is 0 Å². The van der Waals surface area contributed by atoms with Gasteiger partial charge >= 0.3 is 0 Å². The molecule has 0 heterocycles. The first-order chi connectivity index (χ1) is 8.47. The van der Waals surface area contributed by atoms with Gasteiger partial charge in [0.15, 0.2) is 0 Å². The normalized spacial score (nSPS) is 12.1. The number of methoxy groups -OCH3 is 1. The van der Waals surface area contributed by atoms with Crippen LogP contribution in [-0.4, -0.2) is 27.1 Å². The van der Waals surface area contributed by atoms with Crippen molar-refractivity contribution < 1.29 is 9.53 Å². The van der Waals surface area contributed by atoms with E-state index >= 15 is 0 Å². The lowest BCUT2D eigenvalue weighted by Gasteiger charge is -2.21. The first kappa shape index (κ1) is 14.5. The molecule has 0 spiro atoms. The third kappa shape index (κ3) is 2.48. The Labute approximate surface area is 109 Å². The number of benzene rings is 1. The molecular formula is C14H22N2O2. The predicted molar refractivity (Wildman–Crippen MR) is 73.1 cm³/mol. The number of ether oxygens (including phenoxy) is 1. The molecule has 0 saturated heterocycles. The van der Waals surface area contributed by atoms with Gasteiger partial charge in [-0.15, -0.1) is 0 Å². The van der Waals surface area contributed by atoms with Crippen LogP contribution in [-0.2, 0) is 4.79 Å². The quantitative estimate of drug-likeness (QED) is 0.854. The van der Waals surface area contributed by atoms with Crippen molar-refractivity contribution in [1.29, 1.82) is 0 Å². The van der Waals surface area contributed by atoms with Gasteiger partial charge < -0.3 is 15.4 Å². The van der Waals surface area contributed by atoms with E-state index in [9.17, 15) is 4.79 Å². The second-order valence-corrected chi connectivity index (χ2v) is 4.40. The molecule has 4 heteroatoms. The number of amides is 1. The van der Waals surface area contributed by atoms with E-state index in [-0.39, 0.29) is 11.9 Å². The number of carbonyl (C=O) groups excluding carboxylic acids is 1. The van der Waals surface area contributed by atoms with Gasteiger partial charge in [0.1, 0.15) is 11.8 Å². The molecule has 4 nitrogen and oxygen atoms in total.